The van der Waals surface area contributed by atoms with Crippen molar-refractivity contribution >= 4 is 23.5 Å². The summed E-state index contributed by atoms with van der Waals surface area (Å²) in [6.45, 7) is 9.49. The molecule has 2 rings (SSSR count). The van der Waals surface area contributed by atoms with Crippen LogP contribution in [-0.4, -0.2) is 59.4 Å². The molecule has 27 heavy (non-hydrogen) atoms. The molecule has 1 aliphatic heterocycles. The Hall–Kier alpha value is -2.41. The van der Waals surface area contributed by atoms with Crippen LogP contribution in [0.2, 0.25) is 0 Å². The Labute approximate surface area is 161 Å². The van der Waals surface area contributed by atoms with E-state index in [0.29, 0.717) is 19.5 Å². The highest BCUT2D eigenvalue weighted by Crippen LogP contribution is 2.17. The van der Waals surface area contributed by atoms with Crippen molar-refractivity contribution in [3.8, 4) is 0 Å². The van der Waals surface area contributed by atoms with E-state index in [4.69, 9.17) is 0 Å². The van der Waals surface area contributed by atoms with Crippen LogP contribution in [0.4, 0.5) is 10.5 Å². The number of para-hydroxylation sites is 1. The Balaban J connectivity index is 1.85. The van der Waals surface area contributed by atoms with Crippen LogP contribution in [-0.2, 0) is 9.59 Å². The first-order valence-corrected chi connectivity index (χ1v) is 9.46. The molecule has 7 heteroatoms. The van der Waals surface area contributed by atoms with E-state index in [1.807, 2.05) is 31.2 Å². The zero-order valence-electron chi connectivity index (χ0n) is 16.7. The summed E-state index contributed by atoms with van der Waals surface area (Å²) in [7, 11) is 0. The number of rotatable bonds is 9. The topological polar surface area (TPSA) is 81.8 Å². The molecule has 0 aliphatic carbocycles. The van der Waals surface area contributed by atoms with Crippen LogP contribution < -0.4 is 10.6 Å². The molecule has 1 aromatic carbocycles. The highest BCUT2D eigenvalue weighted by Gasteiger charge is 2.43. The second-order valence-corrected chi connectivity index (χ2v) is 7.50. The smallest absolute Gasteiger partial charge is 0.325 e. The minimum atomic E-state index is -0.840. The second kappa shape index (κ2) is 8.99. The van der Waals surface area contributed by atoms with Crippen LogP contribution in [0.3, 0.4) is 0 Å². The minimum Gasteiger partial charge on any atom is -0.325 e. The largest absolute Gasteiger partial charge is 0.325 e. The van der Waals surface area contributed by atoms with Gasteiger partial charge in [0.2, 0.25) is 5.91 Å². The molecule has 1 aromatic rings. The summed E-state index contributed by atoms with van der Waals surface area (Å²) in [5.74, 6) is -0.263. The van der Waals surface area contributed by atoms with E-state index >= 15 is 0 Å². The van der Waals surface area contributed by atoms with E-state index < -0.39 is 5.54 Å². The minimum absolute atomic E-state index is 0.0612. The third kappa shape index (κ3) is 5.53. The van der Waals surface area contributed by atoms with E-state index in [-0.39, 0.29) is 24.4 Å². The predicted molar refractivity (Wildman–Crippen MR) is 105 cm³/mol. The van der Waals surface area contributed by atoms with E-state index in [9.17, 15) is 14.4 Å². The van der Waals surface area contributed by atoms with Crippen molar-refractivity contribution in [3.63, 3.8) is 0 Å². The number of nitrogens with one attached hydrogen (secondary N) is 2. The first-order chi connectivity index (χ1) is 12.7. The van der Waals surface area contributed by atoms with Gasteiger partial charge in [-0.15, -0.1) is 0 Å². The van der Waals surface area contributed by atoms with Crippen LogP contribution in [0.1, 0.15) is 39.2 Å². The number of urea groups is 1. The molecule has 0 atom stereocenters. The third-order valence-corrected chi connectivity index (χ3v) is 4.63. The number of hydrogen-bond donors (Lipinski definition) is 2. The molecule has 7 nitrogen and oxygen atoms in total. The summed E-state index contributed by atoms with van der Waals surface area (Å²) >= 11 is 0. The van der Waals surface area contributed by atoms with Gasteiger partial charge in [-0.05, 0) is 51.8 Å². The van der Waals surface area contributed by atoms with Crippen molar-refractivity contribution in [2.24, 2.45) is 0 Å². The summed E-state index contributed by atoms with van der Waals surface area (Å²) in [6.07, 6.45) is 1.56. The maximum Gasteiger partial charge on any atom is 0.325 e. The van der Waals surface area contributed by atoms with Crippen molar-refractivity contribution in [2.45, 2.75) is 46.1 Å². The lowest BCUT2D eigenvalue weighted by Crippen LogP contribution is -2.41. The number of nitrogens with zero attached hydrogens (tertiary/aromatic N) is 2. The second-order valence-electron chi connectivity index (χ2n) is 7.50. The highest BCUT2D eigenvalue weighted by atomic mass is 16.2. The molecule has 2 N–H and O–H groups in total. The van der Waals surface area contributed by atoms with Gasteiger partial charge in [-0.2, -0.15) is 0 Å². The number of amides is 4. The van der Waals surface area contributed by atoms with Gasteiger partial charge < -0.3 is 10.6 Å². The summed E-state index contributed by atoms with van der Waals surface area (Å²) in [4.78, 5) is 39.8. The van der Waals surface area contributed by atoms with Crippen molar-refractivity contribution in [3.05, 3.63) is 29.8 Å². The summed E-state index contributed by atoms with van der Waals surface area (Å²) in [6, 6.07) is 7.33. The fourth-order valence-electron chi connectivity index (χ4n) is 3.17. The number of carbonyl (C=O) groups excluding carboxylic acids is 3. The standard InChI is InChI=1S/C20H30N4O3/c1-5-11-23(14-17(25)21-16-10-7-6-9-15(16)2)12-8-13-24-18(26)20(3,4)22-19(24)27/h6-7,9-10H,5,8,11-14H2,1-4H3,(H,21,25)(H,22,27). The van der Waals surface area contributed by atoms with Gasteiger partial charge in [0.25, 0.3) is 5.91 Å². The summed E-state index contributed by atoms with van der Waals surface area (Å²) in [5, 5.41) is 5.63. The average Bonchev–Trinajstić information content (AvgIpc) is 2.78. The van der Waals surface area contributed by atoms with Gasteiger partial charge in [-0.1, -0.05) is 25.1 Å². The Kier molecular flexibility index (Phi) is 6.96. The SMILES string of the molecule is CCCN(CCCN1C(=O)NC(C)(C)C1=O)CC(=O)Nc1ccccc1C. The average molecular weight is 374 g/mol. The van der Waals surface area contributed by atoms with Crippen LogP contribution in [0.25, 0.3) is 0 Å². The van der Waals surface area contributed by atoms with E-state index in [1.54, 1.807) is 13.8 Å². The van der Waals surface area contributed by atoms with Crippen molar-refractivity contribution in [1.82, 2.24) is 15.1 Å². The fourth-order valence-corrected chi connectivity index (χ4v) is 3.17. The zero-order chi connectivity index (χ0) is 20.0. The quantitative estimate of drug-likeness (QED) is 0.650. The van der Waals surface area contributed by atoms with Gasteiger partial charge in [-0.3, -0.25) is 19.4 Å². The Morgan fingerprint density at radius 3 is 2.52 bits per heavy atom. The molecule has 1 heterocycles. The number of aryl methyl sites for hydroxylation is 1. The lowest BCUT2D eigenvalue weighted by atomic mass is 10.1. The normalized spacial score (nSPS) is 16.0. The number of benzene rings is 1. The first-order valence-electron chi connectivity index (χ1n) is 9.46. The Morgan fingerprint density at radius 2 is 1.93 bits per heavy atom. The molecule has 0 unspecified atom stereocenters. The number of hydrogen-bond acceptors (Lipinski definition) is 4. The molecule has 4 amide bonds. The molecule has 0 radical (unpaired) electrons. The third-order valence-electron chi connectivity index (χ3n) is 4.63. The monoisotopic (exact) mass is 374 g/mol. The molecule has 0 saturated carbocycles. The van der Waals surface area contributed by atoms with Crippen LogP contribution in [0.15, 0.2) is 24.3 Å². The lowest BCUT2D eigenvalue weighted by molar-refractivity contribution is -0.130. The Morgan fingerprint density at radius 1 is 1.22 bits per heavy atom. The molecule has 0 bridgehead atoms. The predicted octanol–water partition coefficient (Wildman–Crippen LogP) is 2.37. The van der Waals surface area contributed by atoms with Gasteiger partial charge in [0.1, 0.15) is 5.54 Å². The summed E-state index contributed by atoms with van der Waals surface area (Å²) < 4.78 is 0. The van der Waals surface area contributed by atoms with E-state index in [0.717, 1.165) is 24.2 Å². The van der Waals surface area contributed by atoms with Crippen LogP contribution >= 0.6 is 0 Å². The highest BCUT2D eigenvalue weighted by molar-refractivity contribution is 6.06. The molecule has 1 saturated heterocycles. The number of anilines is 1. The molecule has 1 aliphatic rings. The lowest BCUT2D eigenvalue weighted by Gasteiger charge is -2.22. The summed E-state index contributed by atoms with van der Waals surface area (Å²) in [5.41, 5.74) is 1.00. The van der Waals surface area contributed by atoms with Gasteiger partial charge >= 0.3 is 6.03 Å². The van der Waals surface area contributed by atoms with E-state index in [1.165, 1.54) is 4.90 Å². The van der Waals surface area contributed by atoms with Crippen molar-refractivity contribution in [2.75, 3.05) is 31.5 Å². The van der Waals surface area contributed by atoms with Gasteiger partial charge in [-0.25, -0.2) is 4.79 Å². The van der Waals surface area contributed by atoms with Gasteiger partial charge in [0.05, 0.1) is 6.54 Å². The molecular formula is C20H30N4O3. The van der Waals surface area contributed by atoms with Crippen molar-refractivity contribution < 1.29 is 14.4 Å². The zero-order valence-corrected chi connectivity index (χ0v) is 16.7. The first kappa shape index (κ1) is 20.9. The molecule has 0 aromatic heterocycles. The number of carbonyl (C=O) groups is 3. The van der Waals surface area contributed by atoms with Crippen LogP contribution in [0.5, 0.6) is 0 Å². The van der Waals surface area contributed by atoms with Crippen molar-refractivity contribution in [1.29, 1.82) is 0 Å². The molecule has 0 spiro atoms. The Bertz CT molecular complexity index is 702. The van der Waals surface area contributed by atoms with E-state index in [2.05, 4.69) is 22.5 Å². The van der Waals surface area contributed by atoms with Gasteiger partial charge in [0, 0.05) is 18.8 Å². The fraction of sp³-hybridized carbons (Fsp3) is 0.550. The maximum atomic E-state index is 12.4. The molecule has 1 fully saturated rings. The number of imide groups is 1. The maximum absolute atomic E-state index is 12.4. The van der Waals surface area contributed by atoms with Gasteiger partial charge in [0.15, 0.2) is 0 Å². The van der Waals surface area contributed by atoms with Crippen LogP contribution in [0, 0.1) is 6.92 Å². The molecule has 148 valence electrons. The molecular weight excluding hydrogens is 344 g/mol.